The van der Waals surface area contributed by atoms with Gasteiger partial charge in [0, 0.05) is 18.4 Å². The summed E-state index contributed by atoms with van der Waals surface area (Å²) in [6.07, 6.45) is 10.2. The average molecular weight is 320 g/mol. The van der Waals surface area contributed by atoms with Gasteiger partial charge in [-0.25, -0.2) is 18.4 Å². The molecule has 118 valence electrons. The molecule has 0 aromatic carbocycles. The highest BCUT2D eigenvalue weighted by Crippen LogP contribution is 2.42. The van der Waals surface area contributed by atoms with Crippen molar-refractivity contribution < 1.29 is 8.42 Å². The van der Waals surface area contributed by atoms with E-state index in [1.54, 1.807) is 12.4 Å². The van der Waals surface area contributed by atoms with E-state index in [9.17, 15) is 8.42 Å². The normalized spacial score (nSPS) is 20.5. The fraction of sp³-hybridized carbons (Fsp3) is 0.600. The maximum Gasteiger partial charge on any atom is 0.187 e. The highest BCUT2D eigenvalue weighted by molar-refractivity contribution is 7.92. The molecule has 0 atom stereocenters. The summed E-state index contributed by atoms with van der Waals surface area (Å²) in [5, 5.41) is -0.290. The van der Waals surface area contributed by atoms with Crippen LogP contribution in [0.4, 0.5) is 5.82 Å². The van der Waals surface area contributed by atoms with Gasteiger partial charge in [0.25, 0.3) is 0 Å². The maximum atomic E-state index is 12.8. The fourth-order valence-corrected chi connectivity index (χ4v) is 5.44. The van der Waals surface area contributed by atoms with Crippen LogP contribution in [0.3, 0.4) is 0 Å². The second-order valence-corrected chi connectivity index (χ2v) is 8.51. The Labute approximate surface area is 129 Å². The van der Waals surface area contributed by atoms with E-state index in [0.717, 1.165) is 38.5 Å². The highest BCUT2D eigenvalue weighted by Gasteiger charge is 2.41. The Morgan fingerprint density at radius 1 is 1.05 bits per heavy atom. The van der Waals surface area contributed by atoms with E-state index in [4.69, 9.17) is 5.73 Å². The van der Waals surface area contributed by atoms with Crippen molar-refractivity contribution in [2.45, 2.75) is 61.1 Å². The second kappa shape index (κ2) is 4.94. The number of fused-ring (bicyclic) bond motifs is 1. The first-order valence-corrected chi connectivity index (χ1v) is 9.49. The van der Waals surface area contributed by atoms with Gasteiger partial charge in [0.15, 0.2) is 15.5 Å². The number of hydrogen-bond acceptors (Lipinski definition) is 5. The summed E-state index contributed by atoms with van der Waals surface area (Å²) in [4.78, 5) is 8.89. The van der Waals surface area contributed by atoms with Crippen molar-refractivity contribution in [3.05, 3.63) is 12.4 Å². The molecular weight excluding hydrogens is 300 g/mol. The molecule has 0 aliphatic heterocycles. The number of nitrogens with zero attached hydrogens (tertiary/aromatic N) is 3. The van der Waals surface area contributed by atoms with E-state index in [1.165, 1.54) is 6.42 Å². The van der Waals surface area contributed by atoms with Crippen LogP contribution in [0.2, 0.25) is 0 Å². The fourth-order valence-electron chi connectivity index (χ4n) is 3.55. The van der Waals surface area contributed by atoms with Gasteiger partial charge >= 0.3 is 0 Å². The standard InChI is InChI=1S/C15H20N4O2S/c16-14-13(22(20,21)11-6-7-11)12-15(18-9-8-17-12)19(14)10-4-2-1-3-5-10/h8-11H,1-7,16H2. The number of nitrogen functional groups attached to an aromatic ring is 1. The van der Waals surface area contributed by atoms with Crippen LogP contribution in [0.25, 0.3) is 11.2 Å². The van der Waals surface area contributed by atoms with Gasteiger partial charge < -0.3 is 10.3 Å². The topological polar surface area (TPSA) is 90.9 Å². The van der Waals surface area contributed by atoms with Gasteiger partial charge in [0.2, 0.25) is 0 Å². The molecular formula is C15H20N4O2S. The van der Waals surface area contributed by atoms with Gasteiger partial charge in [-0.15, -0.1) is 0 Å². The van der Waals surface area contributed by atoms with Crippen LogP contribution in [0.5, 0.6) is 0 Å². The number of rotatable bonds is 3. The molecule has 0 bridgehead atoms. The van der Waals surface area contributed by atoms with Crippen LogP contribution >= 0.6 is 0 Å². The summed E-state index contributed by atoms with van der Waals surface area (Å²) in [5.74, 6) is 0.333. The van der Waals surface area contributed by atoms with Crippen LogP contribution in [0.1, 0.15) is 51.0 Å². The summed E-state index contributed by atoms with van der Waals surface area (Å²) in [5.41, 5.74) is 7.36. The largest absolute Gasteiger partial charge is 0.384 e. The molecule has 2 heterocycles. The zero-order valence-corrected chi connectivity index (χ0v) is 13.2. The molecule has 0 unspecified atom stereocenters. The van der Waals surface area contributed by atoms with Gasteiger partial charge in [-0.1, -0.05) is 19.3 Å². The average Bonchev–Trinajstić information content (AvgIpc) is 3.32. The number of hydrogen-bond donors (Lipinski definition) is 1. The lowest BCUT2D eigenvalue weighted by molar-refractivity contribution is 0.362. The van der Waals surface area contributed by atoms with Crippen molar-refractivity contribution in [2.24, 2.45) is 0 Å². The van der Waals surface area contributed by atoms with Gasteiger partial charge in [0.05, 0.1) is 5.25 Å². The zero-order chi connectivity index (χ0) is 15.3. The smallest absolute Gasteiger partial charge is 0.187 e. The Morgan fingerprint density at radius 3 is 2.41 bits per heavy atom. The van der Waals surface area contributed by atoms with Gasteiger partial charge in [0.1, 0.15) is 16.2 Å². The minimum Gasteiger partial charge on any atom is -0.384 e. The Kier molecular flexibility index (Phi) is 3.14. The van der Waals surface area contributed by atoms with Gasteiger partial charge in [-0.3, -0.25) is 0 Å². The van der Waals surface area contributed by atoms with Crippen molar-refractivity contribution in [1.82, 2.24) is 14.5 Å². The van der Waals surface area contributed by atoms with Crippen LogP contribution < -0.4 is 5.73 Å². The summed E-state index contributed by atoms with van der Waals surface area (Å²) in [6, 6.07) is 0.233. The third-order valence-corrected chi connectivity index (χ3v) is 7.12. The lowest BCUT2D eigenvalue weighted by Crippen LogP contribution is -2.16. The van der Waals surface area contributed by atoms with Crippen molar-refractivity contribution in [1.29, 1.82) is 0 Å². The van der Waals surface area contributed by atoms with Crippen molar-refractivity contribution in [2.75, 3.05) is 5.73 Å². The second-order valence-electron chi connectivity index (χ2n) is 6.35. The first-order chi connectivity index (χ1) is 10.6. The molecule has 2 aromatic rings. The molecule has 2 aromatic heterocycles. The highest BCUT2D eigenvalue weighted by atomic mass is 32.2. The number of anilines is 1. The molecule has 2 aliphatic rings. The number of aromatic nitrogens is 3. The number of nitrogens with two attached hydrogens (primary N) is 1. The molecule has 0 saturated heterocycles. The maximum absolute atomic E-state index is 12.8. The van der Waals surface area contributed by atoms with E-state index >= 15 is 0 Å². The molecule has 7 heteroatoms. The first kappa shape index (κ1) is 14.0. The minimum atomic E-state index is -3.39. The lowest BCUT2D eigenvalue weighted by atomic mass is 9.95. The third kappa shape index (κ3) is 2.02. The Bertz CT molecular complexity index is 817. The SMILES string of the molecule is Nc1c(S(=O)(=O)C2CC2)c2nccnc2n1C1CCCCC1. The minimum absolute atomic E-state index is 0.212. The summed E-state index contributed by atoms with van der Waals surface area (Å²) in [6.45, 7) is 0. The summed E-state index contributed by atoms with van der Waals surface area (Å²) < 4.78 is 27.5. The summed E-state index contributed by atoms with van der Waals surface area (Å²) in [7, 11) is -3.39. The molecule has 0 amide bonds. The molecule has 4 rings (SSSR count). The molecule has 2 N–H and O–H groups in total. The van der Waals surface area contributed by atoms with Gasteiger partial charge in [-0.2, -0.15) is 0 Å². The van der Waals surface area contributed by atoms with E-state index in [0.29, 0.717) is 17.0 Å². The van der Waals surface area contributed by atoms with Crippen molar-refractivity contribution >= 4 is 26.8 Å². The Morgan fingerprint density at radius 2 is 1.73 bits per heavy atom. The van der Waals surface area contributed by atoms with Crippen molar-refractivity contribution in [3.8, 4) is 0 Å². The Balaban J connectivity index is 1.96. The van der Waals surface area contributed by atoms with Crippen LogP contribution in [0.15, 0.2) is 17.3 Å². The molecule has 2 aliphatic carbocycles. The van der Waals surface area contributed by atoms with Crippen LogP contribution in [0, 0.1) is 0 Å². The molecule has 2 fully saturated rings. The number of sulfone groups is 1. The lowest BCUT2D eigenvalue weighted by Gasteiger charge is -2.24. The third-order valence-electron chi connectivity index (χ3n) is 4.80. The van der Waals surface area contributed by atoms with E-state index in [-0.39, 0.29) is 16.2 Å². The quantitative estimate of drug-likeness (QED) is 0.938. The van der Waals surface area contributed by atoms with E-state index < -0.39 is 9.84 Å². The predicted molar refractivity (Wildman–Crippen MR) is 84.3 cm³/mol. The van der Waals surface area contributed by atoms with E-state index in [2.05, 4.69) is 9.97 Å². The molecule has 22 heavy (non-hydrogen) atoms. The van der Waals surface area contributed by atoms with Crippen LogP contribution in [-0.2, 0) is 9.84 Å². The van der Waals surface area contributed by atoms with Crippen molar-refractivity contribution in [3.63, 3.8) is 0 Å². The molecule has 2 saturated carbocycles. The predicted octanol–water partition coefficient (Wildman–Crippen LogP) is 2.45. The van der Waals surface area contributed by atoms with E-state index in [1.807, 2.05) is 4.57 Å². The zero-order valence-electron chi connectivity index (χ0n) is 12.4. The monoisotopic (exact) mass is 320 g/mol. The first-order valence-electron chi connectivity index (χ1n) is 7.95. The van der Waals surface area contributed by atoms with Gasteiger partial charge in [-0.05, 0) is 25.7 Å². The molecule has 0 spiro atoms. The van der Waals surface area contributed by atoms with Crippen LogP contribution in [-0.4, -0.2) is 28.2 Å². The summed E-state index contributed by atoms with van der Waals surface area (Å²) >= 11 is 0. The molecule has 0 radical (unpaired) electrons. The molecule has 6 nitrogen and oxygen atoms in total. The Hall–Kier alpha value is -1.63.